The number of aliphatic hydroxyl groups is 1. The smallest absolute Gasteiger partial charge is 0.249 e. The Kier molecular flexibility index (Phi) is 7.42. The molecule has 37 heavy (non-hydrogen) atoms. The van der Waals surface area contributed by atoms with E-state index in [-0.39, 0.29) is 40.7 Å². The normalized spacial score (nSPS) is 32.5. The molecule has 0 saturated heterocycles. The third-order valence-electron chi connectivity index (χ3n) is 7.97. The number of rotatable bonds is 8. The number of hydrogen-bond donors (Lipinski definition) is 3. The minimum absolute atomic E-state index is 0.0468. The van der Waals surface area contributed by atoms with Gasteiger partial charge < -0.3 is 25.6 Å². The van der Waals surface area contributed by atoms with E-state index < -0.39 is 40.4 Å². The Hall–Kier alpha value is -2.52. The van der Waals surface area contributed by atoms with Crippen molar-refractivity contribution in [1.82, 2.24) is 5.32 Å². The van der Waals surface area contributed by atoms with E-state index in [0.29, 0.717) is 18.5 Å². The lowest BCUT2D eigenvalue weighted by Crippen LogP contribution is -2.57. The first kappa shape index (κ1) is 27.5. The second-order valence-electron chi connectivity index (χ2n) is 10.3. The molecule has 0 radical (unpaired) electrons. The molecule has 1 amide bonds. The third-order valence-corrected chi connectivity index (χ3v) is 8.34. The molecule has 0 bridgehead atoms. The number of carbonyl (C=O) groups excluding carboxylic acids is 1. The SMILES string of the molecule is CNC[C@]1(C2(C)C=CC=CC2)Oc2cc(F)c(Cl)c(C3=C(C(N)=O)C=CC(C)(OCCO)C3F)c2[C@@H]1C. The first-order chi connectivity index (χ1) is 17.5. The molecular weight excluding hydrogens is 502 g/mol. The Balaban J connectivity index is 1.98. The molecule has 200 valence electrons. The summed E-state index contributed by atoms with van der Waals surface area (Å²) in [7, 11) is 1.81. The molecule has 0 fully saturated rings. The van der Waals surface area contributed by atoms with E-state index >= 15 is 8.78 Å². The zero-order valence-electron chi connectivity index (χ0n) is 21.4. The van der Waals surface area contributed by atoms with Gasteiger partial charge in [0.05, 0.1) is 18.2 Å². The van der Waals surface area contributed by atoms with Crippen molar-refractivity contribution in [1.29, 1.82) is 0 Å². The van der Waals surface area contributed by atoms with Gasteiger partial charge in [0.15, 0.2) is 6.17 Å². The van der Waals surface area contributed by atoms with Gasteiger partial charge in [-0.25, -0.2) is 8.78 Å². The van der Waals surface area contributed by atoms with E-state index in [4.69, 9.17) is 26.8 Å². The molecule has 1 aliphatic heterocycles. The lowest BCUT2D eigenvalue weighted by molar-refractivity contribution is -0.114. The van der Waals surface area contributed by atoms with Gasteiger partial charge in [0.25, 0.3) is 0 Å². The second-order valence-corrected chi connectivity index (χ2v) is 10.6. The van der Waals surface area contributed by atoms with E-state index in [1.54, 1.807) is 0 Å². The van der Waals surface area contributed by atoms with Crippen LogP contribution < -0.4 is 15.8 Å². The van der Waals surface area contributed by atoms with E-state index in [1.165, 1.54) is 25.1 Å². The average Bonchev–Trinajstić information content (AvgIpc) is 3.13. The summed E-state index contributed by atoms with van der Waals surface area (Å²) in [6.45, 7) is 5.44. The van der Waals surface area contributed by atoms with Crippen molar-refractivity contribution in [3.8, 4) is 5.75 Å². The van der Waals surface area contributed by atoms with Crippen LogP contribution in [0.15, 0.2) is 48.1 Å². The van der Waals surface area contributed by atoms with Crippen LogP contribution in [0.25, 0.3) is 5.57 Å². The molecule has 0 spiro atoms. The van der Waals surface area contributed by atoms with Crippen LogP contribution in [-0.2, 0) is 9.53 Å². The first-order valence-electron chi connectivity index (χ1n) is 12.3. The van der Waals surface area contributed by atoms with Crippen molar-refractivity contribution in [2.24, 2.45) is 11.1 Å². The quantitative estimate of drug-likeness (QED) is 0.460. The summed E-state index contributed by atoms with van der Waals surface area (Å²) in [5, 5.41) is 12.1. The Morgan fingerprint density at radius 3 is 2.68 bits per heavy atom. The minimum atomic E-state index is -1.94. The fourth-order valence-corrected chi connectivity index (χ4v) is 6.19. The number of ether oxygens (including phenoxy) is 2. The molecule has 9 heteroatoms. The summed E-state index contributed by atoms with van der Waals surface area (Å²) in [4.78, 5) is 12.5. The summed E-state index contributed by atoms with van der Waals surface area (Å²) in [5.41, 5.74) is 3.01. The number of hydrogen-bond acceptors (Lipinski definition) is 5. The van der Waals surface area contributed by atoms with Gasteiger partial charge in [0, 0.05) is 46.2 Å². The van der Waals surface area contributed by atoms with Gasteiger partial charge in [-0.2, -0.15) is 0 Å². The van der Waals surface area contributed by atoms with Crippen LogP contribution in [-0.4, -0.2) is 55.2 Å². The molecule has 6 nitrogen and oxygen atoms in total. The molecule has 1 aromatic rings. The van der Waals surface area contributed by atoms with Crippen LogP contribution in [0.4, 0.5) is 8.78 Å². The van der Waals surface area contributed by atoms with Gasteiger partial charge in [-0.15, -0.1) is 0 Å². The summed E-state index contributed by atoms with van der Waals surface area (Å²) in [6, 6.07) is 1.22. The van der Waals surface area contributed by atoms with Gasteiger partial charge in [0.1, 0.15) is 22.8 Å². The molecule has 1 aromatic carbocycles. The lowest BCUT2D eigenvalue weighted by atomic mass is 9.62. The fraction of sp³-hybridized carbons (Fsp3) is 0.464. The molecule has 5 atom stereocenters. The van der Waals surface area contributed by atoms with Crippen LogP contribution in [0.3, 0.4) is 0 Å². The van der Waals surface area contributed by atoms with E-state index in [2.05, 4.69) is 18.3 Å². The van der Waals surface area contributed by atoms with Crippen molar-refractivity contribution >= 4 is 23.1 Å². The first-order valence-corrected chi connectivity index (χ1v) is 12.7. The Morgan fingerprint density at radius 1 is 1.35 bits per heavy atom. The van der Waals surface area contributed by atoms with Crippen LogP contribution in [0.5, 0.6) is 5.75 Å². The van der Waals surface area contributed by atoms with Crippen LogP contribution in [0.2, 0.25) is 5.02 Å². The summed E-state index contributed by atoms with van der Waals surface area (Å²) < 4.78 is 44.0. The Labute approximate surface area is 220 Å². The second kappa shape index (κ2) is 9.98. The Bertz CT molecular complexity index is 1230. The predicted octanol–water partition coefficient (Wildman–Crippen LogP) is 4.37. The van der Waals surface area contributed by atoms with Gasteiger partial charge >= 0.3 is 0 Å². The fourth-order valence-electron chi connectivity index (χ4n) is 5.93. The molecule has 0 saturated carbocycles. The average molecular weight is 535 g/mol. The van der Waals surface area contributed by atoms with Crippen LogP contribution >= 0.6 is 11.6 Å². The maximum absolute atomic E-state index is 16.4. The summed E-state index contributed by atoms with van der Waals surface area (Å²) in [6.07, 6.45) is 9.52. The van der Waals surface area contributed by atoms with Crippen LogP contribution in [0, 0.1) is 11.2 Å². The van der Waals surface area contributed by atoms with Gasteiger partial charge in [0.2, 0.25) is 5.91 Å². The topological polar surface area (TPSA) is 93.8 Å². The Morgan fingerprint density at radius 2 is 2.08 bits per heavy atom. The summed E-state index contributed by atoms with van der Waals surface area (Å²) >= 11 is 6.57. The number of aliphatic hydroxyl groups excluding tert-OH is 1. The largest absolute Gasteiger partial charge is 0.484 e. The molecule has 4 N–H and O–H groups in total. The number of alkyl halides is 1. The number of amides is 1. The molecule has 3 aliphatic rings. The van der Waals surface area contributed by atoms with Crippen molar-refractivity contribution in [3.63, 3.8) is 0 Å². The molecule has 4 rings (SSSR count). The zero-order valence-corrected chi connectivity index (χ0v) is 22.2. The van der Waals surface area contributed by atoms with E-state index in [9.17, 15) is 9.90 Å². The zero-order chi connectivity index (χ0) is 27.2. The van der Waals surface area contributed by atoms with Crippen molar-refractivity contribution in [2.45, 2.75) is 50.5 Å². The number of nitrogens with one attached hydrogen (secondary N) is 1. The number of nitrogens with two attached hydrogens (primary N) is 1. The number of benzene rings is 1. The van der Waals surface area contributed by atoms with E-state index in [0.717, 1.165) is 0 Å². The number of likely N-dealkylation sites (N-methyl/N-ethyl adjacent to an activating group) is 1. The molecule has 1 heterocycles. The maximum atomic E-state index is 16.4. The molecule has 0 aromatic heterocycles. The van der Waals surface area contributed by atoms with Gasteiger partial charge in [-0.1, -0.05) is 55.8 Å². The number of primary amides is 1. The highest BCUT2D eigenvalue weighted by molar-refractivity contribution is 6.33. The number of allylic oxidation sites excluding steroid dienone is 3. The van der Waals surface area contributed by atoms with Crippen molar-refractivity contribution in [2.75, 3.05) is 26.8 Å². The third kappa shape index (κ3) is 4.24. The monoisotopic (exact) mass is 534 g/mol. The van der Waals surface area contributed by atoms with Crippen LogP contribution in [0.1, 0.15) is 44.2 Å². The molecule has 2 aliphatic carbocycles. The lowest BCUT2D eigenvalue weighted by Gasteiger charge is -2.47. The highest BCUT2D eigenvalue weighted by Crippen LogP contribution is 2.59. The number of halogens is 3. The molecular formula is C28H33ClF2N2O4. The predicted molar refractivity (Wildman–Crippen MR) is 140 cm³/mol. The van der Waals surface area contributed by atoms with Gasteiger partial charge in [-0.05, 0) is 26.5 Å². The summed E-state index contributed by atoms with van der Waals surface area (Å²) in [5.74, 6) is -1.84. The number of fused-ring (bicyclic) bond motifs is 1. The minimum Gasteiger partial charge on any atom is -0.484 e. The maximum Gasteiger partial charge on any atom is 0.249 e. The van der Waals surface area contributed by atoms with Gasteiger partial charge in [-0.3, -0.25) is 4.79 Å². The molecule has 3 unspecified atom stereocenters. The van der Waals surface area contributed by atoms with Crippen molar-refractivity contribution in [3.05, 3.63) is 70.1 Å². The van der Waals surface area contributed by atoms with E-state index in [1.807, 2.05) is 32.2 Å². The highest BCUT2D eigenvalue weighted by Gasteiger charge is 2.58. The standard InChI is InChI=1S/C28H33ClF2N2O4/c1-16-20-19(37-28(16,15-33-4)26(2)9-6-5-7-10-26)14-18(30)23(29)22(20)21-17(25(32)35)8-11-27(3,24(21)31)36-13-12-34/h5-9,11,14,16,24,33-34H,10,12-13,15H2,1-4H3,(H2,32,35)/t16-,24?,26?,27?,28-/m0/s1. The number of carbonyl (C=O) groups is 1. The highest BCUT2D eigenvalue weighted by atomic mass is 35.5. The van der Waals surface area contributed by atoms with Crippen molar-refractivity contribution < 1.29 is 28.2 Å².